The Morgan fingerprint density at radius 1 is 1.45 bits per heavy atom. The number of fused-ring (bicyclic) bond motifs is 1. The second-order valence-corrected chi connectivity index (χ2v) is 5.73. The van der Waals surface area contributed by atoms with Gasteiger partial charge in [0.1, 0.15) is 5.52 Å². The van der Waals surface area contributed by atoms with E-state index < -0.39 is 5.97 Å². The highest BCUT2D eigenvalue weighted by atomic mass is 16.4. The Morgan fingerprint density at radius 3 is 2.75 bits per heavy atom. The molecule has 6 heteroatoms. The molecule has 0 aliphatic heterocycles. The van der Waals surface area contributed by atoms with E-state index in [1.807, 2.05) is 4.68 Å². The SMILES string of the molecule is CN(C)C1(Cn2nnc3cc(C(=O)O)ccc32)CCC1. The molecule has 1 fully saturated rings. The van der Waals surface area contributed by atoms with Crippen LogP contribution in [0.5, 0.6) is 0 Å². The molecule has 20 heavy (non-hydrogen) atoms. The van der Waals surface area contributed by atoms with Crippen molar-refractivity contribution in [3.8, 4) is 0 Å². The molecule has 1 aliphatic carbocycles. The third kappa shape index (κ3) is 1.96. The minimum Gasteiger partial charge on any atom is -0.478 e. The lowest BCUT2D eigenvalue weighted by Crippen LogP contribution is -2.53. The lowest BCUT2D eigenvalue weighted by Gasteiger charge is -2.47. The van der Waals surface area contributed by atoms with Gasteiger partial charge in [0, 0.05) is 5.54 Å². The number of nitrogens with zero attached hydrogens (tertiary/aromatic N) is 4. The van der Waals surface area contributed by atoms with Gasteiger partial charge in [-0.25, -0.2) is 9.48 Å². The number of carbonyl (C=O) groups is 1. The summed E-state index contributed by atoms with van der Waals surface area (Å²) < 4.78 is 1.89. The van der Waals surface area contributed by atoms with Gasteiger partial charge in [-0.2, -0.15) is 0 Å². The van der Waals surface area contributed by atoms with E-state index in [1.165, 1.54) is 6.42 Å². The third-order valence-electron chi connectivity index (χ3n) is 4.44. The fourth-order valence-electron chi connectivity index (χ4n) is 2.83. The van der Waals surface area contributed by atoms with E-state index in [4.69, 9.17) is 5.11 Å². The predicted octanol–water partition coefficient (Wildman–Crippen LogP) is 1.61. The molecule has 3 rings (SSSR count). The Kier molecular flexibility index (Phi) is 2.97. The standard InChI is InChI=1S/C14H18N4O2/c1-17(2)14(6-3-7-14)9-18-12-5-4-10(13(19)20)8-11(12)15-16-18/h4-5,8H,3,6-7,9H2,1-2H3,(H,19,20). The lowest BCUT2D eigenvalue weighted by atomic mass is 9.75. The van der Waals surface area contributed by atoms with E-state index >= 15 is 0 Å². The van der Waals surface area contributed by atoms with Gasteiger partial charge in [-0.3, -0.25) is 0 Å². The van der Waals surface area contributed by atoms with Crippen LogP contribution in [-0.4, -0.2) is 50.6 Å². The van der Waals surface area contributed by atoms with E-state index in [1.54, 1.807) is 18.2 Å². The summed E-state index contributed by atoms with van der Waals surface area (Å²) in [6.07, 6.45) is 3.57. The van der Waals surface area contributed by atoms with Gasteiger partial charge in [-0.15, -0.1) is 5.10 Å². The summed E-state index contributed by atoms with van der Waals surface area (Å²) in [4.78, 5) is 13.2. The summed E-state index contributed by atoms with van der Waals surface area (Å²) in [7, 11) is 4.20. The maximum Gasteiger partial charge on any atom is 0.335 e. The van der Waals surface area contributed by atoms with Crippen LogP contribution in [0.4, 0.5) is 0 Å². The zero-order chi connectivity index (χ0) is 14.3. The molecule has 0 atom stereocenters. The van der Waals surface area contributed by atoms with Crippen molar-refractivity contribution in [2.24, 2.45) is 0 Å². The zero-order valence-electron chi connectivity index (χ0n) is 11.7. The van der Waals surface area contributed by atoms with Crippen molar-refractivity contribution in [1.29, 1.82) is 0 Å². The molecule has 0 spiro atoms. The molecule has 0 saturated heterocycles. The average Bonchev–Trinajstić information content (AvgIpc) is 2.75. The van der Waals surface area contributed by atoms with Crippen molar-refractivity contribution in [1.82, 2.24) is 19.9 Å². The highest BCUT2D eigenvalue weighted by Crippen LogP contribution is 2.37. The molecule has 106 valence electrons. The van der Waals surface area contributed by atoms with Gasteiger partial charge in [0.05, 0.1) is 17.6 Å². The third-order valence-corrected chi connectivity index (χ3v) is 4.44. The van der Waals surface area contributed by atoms with Gasteiger partial charge in [0.2, 0.25) is 0 Å². The van der Waals surface area contributed by atoms with Gasteiger partial charge >= 0.3 is 5.97 Å². The molecule has 1 saturated carbocycles. The van der Waals surface area contributed by atoms with Crippen molar-refractivity contribution >= 4 is 17.0 Å². The van der Waals surface area contributed by atoms with Crippen LogP contribution >= 0.6 is 0 Å². The molecule has 1 N–H and O–H groups in total. The molecule has 1 aliphatic rings. The van der Waals surface area contributed by atoms with Gasteiger partial charge in [-0.1, -0.05) is 5.21 Å². The Morgan fingerprint density at radius 2 is 2.20 bits per heavy atom. The van der Waals surface area contributed by atoms with Crippen LogP contribution in [0.15, 0.2) is 18.2 Å². The number of carboxylic acid groups (broad SMARTS) is 1. The van der Waals surface area contributed by atoms with E-state index in [0.717, 1.165) is 24.9 Å². The van der Waals surface area contributed by atoms with Crippen molar-refractivity contribution < 1.29 is 9.90 Å². The Labute approximate surface area is 117 Å². The summed E-state index contributed by atoms with van der Waals surface area (Å²) >= 11 is 0. The van der Waals surface area contributed by atoms with Gasteiger partial charge in [0.15, 0.2) is 0 Å². The minimum absolute atomic E-state index is 0.159. The molecule has 0 bridgehead atoms. The van der Waals surface area contributed by atoms with E-state index in [2.05, 4.69) is 29.3 Å². The van der Waals surface area contributed by atoms with E-state index in [-0.39, 0.29) is 11.1 Å². The Bertz CT molecular complexity index is 658. The van der Waals surface area contributed by atoms with Crippen molar-refractivity contribution in [3.05, 3.63) is 23.8 Å². The zero-order valence-corrected chi connectivity index (χ0v) is 11.7. The summed E-state index contributed by atoms with van der Waals surface area (Å²) in [5.41, 5.74) is 1.93. The smallest absolute Gasteiger partial charge is 0.335 e. The maximum absolute atomic E-state index is 11.0. The number of rotatable bonds is 4. The topological polar surface area (TPSA) is 71.2 Å². The second-order valence-electron chi connectivity index (χ2n) is 5.73. The molecule has 0 unspecified atom stereocenters. The van der Waals surface area contributed by atoms with Crippen molar-refractivity contribution in [3.63, 3.8) is 0 Å². The molecule has 2 aromatic rings. The predicted molar refractivity (Wildman–Crippen MR) is 74.8 cm³/mol. The highest BCUT2D eigenvalue weighted by molar-refractivity contribution is 5.92. The van der Waals surface area contributed by atoms with Crippen molar-refractivity contribution in [2.45, 2.75) is 31.3 Å². The van der Waals surface area contributed by atoms with Crippen LogP contribution in [0.1, 0.15) is 29.6 Å². The first-order valence-electron chi connectivity index (χ1n) is 6.76. The molecule has 1 aromatic carbocycles. The minimum atomic E-state index is -0.940. The fraction of sp³-hybridized carbons (Fsp3) is 0.500. The molecular formula is C14H18N4O2. The van der Waals surface area contributed by atoms with Crippen molar-refractivity contribution in [2.75, 3.05) is 14.1 Å². The first-order valence-corrected chi connectivity index (χ1v) is 6.76. The average molecular weight is 274 g/mol. The Hall–Kier alpha value is -1.95. The molecular weight excluding hydrogens is 256 g/mol. The van der Waals surface area contributed by atoms with Crippen LogP contribution < -0.4 is 0 Å². The fourth-order valence-corrected chi connectivity index (χ4v) is 2.83. The number of aromatic nitrogens is 3. The summed E-state index contributed by atoms with van der Waals surface area (Å²) in [6.45, 7) is 0.795. The van der Waals surface area contributed by atoms with Crippen LogP contribution in [0.3, 0.4) is 0 Å². The van der Waals surface area contributed by atoms with Crippen LogP contribution in [0.2, 0.25) is 0 Å². The van der Waals surface area contributed by atoms with Crippen LogP contribution in [0, 0.1) is 0 Å². The number of aromatic carboxylic acids is 1. The lowest BCUT2D eigenvalue weighted by molar-refractivity contribution is 0.0396. The largest absolute Gasteiger partial charge is 0.478 e. The highest BCUT2D eigenvalue weighted by Gasteiger charge is 2.40. The van der Waals surface area contributed by atoms with Gasteiger partial charge < -0.3 is 10.0 Å². The number of hydrogen-bond donors (Lipinski definition) is 1. The molecule has 0 amide bonds. The summed E-state index contributed by atoms with van der Waals surface area (Å²) in [6, 6.07) is 4.97. The quantitative estimate of drug-likeness (QED) is 0.917. The normalized spacial score (nSPS) is 17.4. The molecule has 1 aromatic heterocycles. The van der Waals surface area contributed by atoms with Crippen LogP contribution in [0.25, 0.3) is 11.0 Å². The monoisotopic (exact) mass is 274 g/mol. The molecule has 0 radical (unpaired) electrons. The second kappa shape index (κ2) is 4.56. The van der Waals surface area contributed by atoms with E-state index in [9.17, 15) is 4.79 Å². The first kappa shape index (κ1) is 13.1. The maximum atomic E-state index is 11.0. The van der Waals surface area contributed by atoms with Gasteiger partial charge in [0.25, 0.3) is 0 Å². The summed E-state index contributed by atoms with van der Waals surface area (Å²) in [5, 5.41) is 17.3. The number of carboxylic acids is 1. The molecule has 1 heterocycles. The summed E-state index contributed by atoms with van der Waals surface area (Å²) in [5.74, 6) is -0.940. The Balaban J connectivity index is 1.95. The number of likely N-dealkylation sites (N-methyl/N-ethyl adjacent to an activating group) is 1. The van der Waals surface area contributed by atoms with Gasteiger partial charge in [-0.05, 0) is 51.6 Å². The first-order chi connectivity index (χ1) is 9.52. The number of hydrogen-bond acceptors (Lipinski definition) is 4. The van der Waals surface area contributed by atoms with E-state index in [0.29, 0.717) is 5.52 Å². The van der Waals surface area contributed by atoms with Crippen LogP contribution in [-0.2, 0) is 6.54 Å². The molecule has 6 nitrogen and oxygen atoms in total. The number of benzene rings is 1.